The molecule has 2 aromatic heterocycles. The molecule has 0 fully saturated rings. The number of H-pyrrole nitrogens is 1. The summed E-state index contributed by atoms with van der Waals surface area (Å²) in [5.41, 5.74) is 2.73. The number of benzene rings is 1. The van der Waals surface area contributed by atoms with Crippen LogP contribution in [-0.2, 0) is 14.3 Å². The first kappa shape index (κ1) is 19.9. The Kier molecular flexibility index (Phi) is 5.99. The van der Waals surface area contributed by atoms with Crippen molar-refractivity contribution in [1.82, 2.24) is 19.8 Å². The number of anilines is 1. The molecule has 0 spiro atoms. The van der Waals surface area contributed by atoms with Crippen LogP contribution in [0.1, 0.15) is 32.4 Å². The summed E-state index contributed by atoms with van der Waals surface area (Å²) in [4.78, 5) is 27.9. The van der Waals surface area contributed by atoms with Crippen LogP contribution in [0.2, 0.25) is 5.02 Å². The highest BCUT2D eigenvalue weighted by Gasteiger charge is 2.13. The molecule has 8 nitrogen and oxygen atoms in total. The summed E-state index contributed by atoms with van der Waals surface area (Å²) in [5, 5.41) is 10.6. The molecule has 0 aliphatic rings. The Bertz CT molecular complexity index is 991. The minimum atomic E-state index is -0.388. The average molecular weight is 404 g/mol. The van der Waals surface area contributed by atoms with E-state index in [2.05, 4.69) is 20.5 Å². The number of nitrogens with one attached hydrogen (secondary N) is 2. The largest absolute Gasteiger partial charge is 0.456 e. The lowest BCUT2D eigenvalue weighted by Gasteiger charge is -2.08. The molecule has 1 aromatic carbocycles. The van der Waals surface area contributed by atoms with E-state index in [1.54, 1.807) is 24.3 Å². The van der Waals surface area contributed by atoms with E-state index in [0.717, 1.165) is 17.7 Å². The second-order valence-electron chi connectivity index (χ2n) is 6.94. The second-order valence-corrected chi connectivity index (χ2v) is 7.32. The van der Waals surface area contributed by atoms with Gasteiger partial charge < -0.3 is 10.1 Å². The molecule has 28 heavy (non-hydrogen) atoms. The highest BCUT2D eigenvalue weighted by Crippen LogP contribution is 2.24. The molecule has 1 amide bonds. The molecule has 148 valence electrons. The first-order chi connectivity index (χ1) is 13.3. The first-order valence-corrected chi connectivity index (χ1v) is 9.38. The van der Waals surface area contributed by atoms with Crippen molar-refractivity contribution in [2.75, 3.05) is 11.9 Å². The molecule has 0 radical (unpaired) electrons. The van der Waals surface area contributed by atoms with Crippen LogP contribution in [0.5, 0.6) is 0 Å². The third-order valence-electron chi connectivity index (χ3n) is 4.12. The molecule has 0 saturated heterocycles. The summed E-state index contributed by atoms with van der Waals surface area (Å²) in [6, 6.07) is 7.05. The summed E-state index contributed by atoms with van der Waals surface area (Å²) in [5.74, 6) is 0.179. The molecule has 0 saturated carbocycles. The summed E-state index contributed by atoms with van der Waals surface area (Å²) in [6.45, 7) is 5.60. The van der Waals surface area contributed by atoms with Crippen LogP contribution >= 0.6 is 11.6 Å². The van der Waals surface area contributed by atoms with Crippen molar-refractivity contribution >= 4 is 34.8 Å². The van der Waals surface area contributed by atoms with Crippen molar-refractivity contribution in [2.24, 2.45) is 5.92 Å². The number of rotatable bonds is 7. The van der Waals surface area contributed by atoms with Crippen molar-refractivity contribution < 1.29 is 14.3 Å². The molecule has 0 bridgehead atoms. The van der Waals surface area contributed by atoms with Gasteiger partial charge in [0.15, 0.2) is 18.1 Å². The maximum absolute atomic E-state index is 11.9. The average Bonchev–Trinajstić information content (AvgIpc) is 3.18. The van der Waals surface area contributed by atoms with Gasteiger partial charge in [0, 0.05) is 17.7 Å². The zero-order valence-corrected chi connectivity index (χ0v) is 16.7. The van der Waals surface area contributed by atoms with Crippen LogP contribution in [0.25, 0.3) is 17.0 Å². The number of carbonyl (C=O) groups is 2. The number of fused-ring (bicyclic) bond motifs is 1. The Morgan fingerprint density at radius 3 is 2.64 bits per heavy atom. The second kappa shape index (κ2) is 8.43. The van der Waals surface area contributed by atoms with E-state index in [1.807, 2.05) is 20.8 Å². The van der Waals surface area contributed by atoms with Crippen LogP contribution in [0, 0.1) is 12.8 Å². The Balaban J connectivity index is 1.56. The number of amides is 1. The third-order valence-corrected chi connectivity index (χ3v) is 4.58. The predicted octanol–water partition coefficient (Wildman–Crippen LogP) is 3.60. The molecule has 0 aliphatic carbocycles. The number of aryl methyl sites for hydroxylation is 1. The predicted molar refractivity (Wildman–Crippen MR) is 106 cm³/mol. The minimum absolute atomic E-state index is 0.302. The highest BCUT2D eigenvalue weighted by molar-refractivity contribution is 6.34. The quantitative estimate of drug-likeness (QED) is 0.587. The number of halogens is 1. The Hall–Kier alpha value is -2.87. The standard InChI is InChI=1S/C19H22ClN5O3/c1-11(2)4-9-16(27)28-10-15(26)21-14-7-5-13(6-8-14)18-22-19-17(20)12(3)23-25(19)24-18/h5-8,11,23H,4,9-10H2,1-3H3,(H,21,26). The lowest BCUT2D eigenvalue weighted by molar-refractivity contribution is -0.147. The number of hydrogen-bond acceptors (Lipinski definition) is 5. The molecule has 3 aromatic rings. The molecule has 0 unspecified atom stereocenters. The van der Waals surface area contributed by atoms with E-state index in [0.29, 0.717) is 34.5 Å². The maximum Gasteiger partial charge on any atom is 0.306 e. The Morgan fingerprint density at radius 2 is 2.00 bits per heavy atom. The fraction of sp³-hybridized carbons (Fsp3) is 0.368. The summed E-state index contributed by atoms with van der Waals surface area (Å²) < 4.78 is 6.50. The van der Waals surface area contributed by atoms with E-state index >= 15 is 0 Å². The maximum atomic E-state index is 11.9. The van der Waals surface area contributed by atoms with Gasteiger partial charge in [-0.1, -0.05) is 25.4 Å². The molecule has 0 atom stereocenters. The van der Waals surface area contributed by atoms with Crippen molar-refractivity contribution in [3.8, 4) is 11.4 Å². The number of hydrogen-bond donors (Lipinski definition) is 2. The number of nitrogens with zero attached hydrogens (tertiary/aromatic N) is 3. The Labute approximate surface area is 167 Å². The van der Waals surface area contributed by atoms with Gasteiger partial charge >= 0.3 is 5.97 Å². The monoisotopic (exact) mass is 403 g/mol. The normalized spacial score (nSPS) is 11.2. The summed E-state index contributed by atoms with van der Waals surface area (Å²) >= 11 is 6.17. The van der Waals surface area contributed by atoms with Gasteiger partial charge in [0.05, 0.1) is 5.69 Å². The molecule has 9 heteroatoms. The van der Waals surface area contributed by atoms with Crippen molar-refractivity contribution in [3.05, 3.63) is 35.0 Å². The molecule has 2 heterocycles. The van der Waals surface area contributed by atoms with Gasteiger partial charge in [-0.25, -0.2) is 4.98 Å². The molecule has 3 rings (SSSR count). The van der Waals surface area contributed by atoms with Gasteiger partial charge in [-0.05, 0) is 43.5 Å². The molecule has 0 aliphatic heterocycles. The first-order valence-electron chi connectivity index (χ1n) is 9.00. The van der Waals surface area contributed by atoms with Crippen LogP contribution in [0.15, 0.2) is 24.3 Å². The zero-order chi connectivity index (χ0) is 20.3. The zero-order valence-electron chi connectivity index (χ0n) is 16.0. The lowest BCUT2D eigenvalue weighted by atomic mass is 10.1. The number of ether oxygens (including phenoxy) is 1. The van der Waals surface area contributed by atoms with Crippen molar-refractivity contribution in [1.29, 1.82) is 0 Å². The highest BCUT2D eigenvalue weighted by atomic mass is 35.5. The van der Waals surface area contributed by atoms with E-state index in [4.69, 9.17) is 16.3 Å². The van der Waals surface area contributed by atoms with Crippen LogP contribution < -0.4 is 5.32 Å². The van der Waals surface area contributed by atoms with Gasteiger partial charge in [0.25, 0.3) is 5.91 Å². The summed E-state index contributed by atoms with van der Waals surface area (Å²) in [7, 11) is 0. The van der Waals surface area contributed by atoms with Crippen LogP contribution in [0.3, 0.4) is 0 Å². The molecule has 2 N–H and O–H groups in total. The summed E-state index contributed by atoms with van der Waals surface area (Å²) in [6.07, 6.45) is 1.05. The third kappa shape index (κ3) is 4.69. The van der Waals surface area contributed by atoms with Gasteiger partial charge in [0.2, 0.25) is 0 Å². The fourth-order valence-corrected chi connectivity index (χ4v) is 2.72. The van der Waals surface area contributed by atoms with Gasteiger partial charge in [-0.15, -0.1) is 5.10 Å². The van der Waals surface area contributed by atoms with E-state index in [1.165, 1.54) is 4.63 Å². The van der Waals surface area contributed by atoms with Crippen molar-refractivity contribution in [2.45, 2.75) is 33.6 Å². The fourth-order valence-electron chi connectivity index (χ4n) is 2.55. The van der Waals surface area contributed by atoms with E-state index in [9.17, 15) is 9.59 Å². The van der Waals surface area contributed by atoms with Gasteiger partial charge in [-0.3, -0.25) is 14.7 Å². The SMILES string of the molecule is Cc1[nH]n2nc(-c3ccc(NC(=O)COC(=O)CCC(C)C)cc3)nc2c1Cl. The lowest BCUT2D eigenvalue weighted by Crippen LogP contribution is -2.20. The number of esters is 1. The Morgan fingerprint density at radius 1 is 1.29 bits per heavy atom. The minimum Gasteiger partial charge on any atom is -0.456 e. The smallest absolute Gasteiger partial charge is 0.306 e. The van der Waals surface area contributed by atoms with E-state index < -0.39 is 0 Å². The number of carbonyl (C=O) groups excluding carboxylic acids is 2. The van der Waals surface area contributed by atoms with Crippen LogP contribution in [0.4, 0.5) is 5.69 Å². The molecular formula is C19H22ClN5O3. The van der Waals surface area contributed by atoms with Crippen LogP contribution in [-0.4, -0.2) is 38.3 Å². The number of aromatic nitrogens is 4. The molecular weight excluding hydrogens is 382 g/mol. The van der Waals surface area contributed by atoms with Crippen molar-refractivity contribution in [3.63, 3.8) is 0 Å². The number of aromatic amines is 1. The van der Waals surface area contributed by atoms with Gasteiger partial charge in [-0.2, -0.15) is 4.63 Å². The topological polar surface area (TPSA) is 101 Å². The van der Waals surface area contributed by atoms with Gasteiger partial charge in [0.1, 0.15) is 5.02 Å². The van der Waals surface area contributed by atoms with E-state index in [-0.39, 0.29) is 18.5 Å².